The summed E-state index contributed by atoms with van der Waals surface area (Å²) in [5, 5.41) is 3.27. The van der Waals surface area contributed by atoms with Gasteiger partial charge >= 0.3 is 6.18 Å². The van der Waals surface area contributed by atoms with Crippen LogP contribution in [0.3, 0.4) is 0 Å². The minimum atomic E-state index is -4.27. The second-order valence-electron chi connectivity index (χ2n) is 4.73. The summed E-state index contributed by atoms with van der Waals surface area (Å²) in [6.45, 7) is 4.85. The molecule has 4 heteroatoms. The van der Waals surface area contributed by atoms with E-state index in [-0.39, 0.29) is 6.04 Å². The minimum Gasteiger partial charge on any atom is -0.310 e. The Bertz CT molecular complexity index is 374. The lowest BCUT2D eigenvalue weighted by molar-refractivity contribution is -0.137. The average molecular weight is 273 g/mol. The van der Waals surface area contributed by atoms with Crippen LogP contribution in [0.25, 0.3) is 0 Å². The molecule has 0 saturated carbocycles. The van der Waals surface area contributed by atoms with E-state index in [4.69, 9.17) is 0 Å². The topological polar surface area (TPSA) is 12.0 Å². The number of hydrogen-bond acceptors (Lipinski definition) is 1. The van der Waals surface area contributed by atoms with E-state index in [9.17, 15) is 13.2 Å². The van der Waals surface area contributed by atoms with E-state index in [1.165, 1.54) is 12.1 Å². The highest BCUT2D eigenvalue weighted by atomic mass is 19.4. The molecule has 0 saturated heterocycles. The molecule has 1 aromatic carbocycles. The molecule has 1 atom stereocenters. The van der Waals surface area contributed by atoms with E-state index < -0.39 is 11.7 Å². The molecule has 0 spiro atoms. The number of unbranched alkanes of at least 4 members (excludes halogenated alkanes) is 2. The molecule has 0 aliphatic heterocycles. The fraction of sp³-hybridized carbons (Fsp3) is 0.600. The maximum Gasteiger partial charge on any atom is 0.416 e. The van der Waals surface area contributed by atoms with Gasteiger partial charge in [0.1, 0.15) is 0 Å². The summed E-state index contributed by atoms with van der Waals surface area (Å²) in [6.07, 6.45) is -0.133. The summed E-state index contributed by atoms with van der Waals surface area (Å²) in [6, 6.07) is 5.66. The van der Waals surface area contributed by atoms with Gasteiger partial charge in [-0.25, -0.2) is 0 Å². The van der Waals surface area contributed by atoms with Crippen LogP contribution in [0.2, 0.25) is 0 Å². The van der Waals surface area contributed by atoms with E-state index in [2.05, 4.69) is 12.2 Å². The first kappa shape index (κ1) is 16.0. The fourth-order valence-corrected chi connectivity index (χ4v) is 2.16. The molecule has 108 valence electrons. The summed E-state index contributed by atoms with van der Waals surface area (Å²) in [7, 11) is 0. The van der Waals surface area contributed by atoms with Crippen molar-refractivity contribution >= 4 is 0 Å². The molecule has 0 bridgehead atoms. The molecule has 0 aliphatic rings. The summed E-state index contributed by atoms with van der Waals surface area (Å²) in [4.78, 5) is 0. The first-order chi connectivity index (χ1) is 8.99. The van der Waals surface area contributed by atoms with Gasteiger partial charge in [-0.05, 0) is 30.7 Å². The van der Waals surface area contributed by atoms with Gasteiger partial charge in [-0.3, -0.25) is 0 Å². The van der Waals surface area contributed by atoms with Crippen LogP contribution in [0.1, 0.15) is 56.7 Å². The van der Waals surface area contributed by atoms with Crippen molar-refractivity contribution in [3.63, 3.8) is 0 Å². The largest absolute Gasteiger partial charge is 0.416 e. The highest BCUT2D eigenvalue weighted by molar-refractivity contribution is 5.28. The molecule has 0 amide bonds. The normalized spacial score (nSPS) is 13.5. The van der Waals surface area contributed by atoms with Crippen LogP contribution in [0.15, 0.2) is 24.3 Å². The number of rotatable bonds is 7. The number of benzene rings is 1. The molecule has 1 unspecified atom stereocenters. The second kappa shape index (κ2) is 7.53. The monoisotopic (exact) mass is 273 g/mol. The lowest BCUT2D eigenvalue weighted by atomic mass is 9.98. The van der Waals surface area contributed by atoms with Gasteiger partial charge < -0.3 is 5.32 Å². The van der Waals surface area contributed by atoms with Gasteiger partial charge in [0.25, 0.3) is 0 Å². The summed E-state index contributed by atoms with van der Waals surface area (Å²) < 4.78 is 38.1. The SMILES string of the molecule is CCCCCC(NCC)c1cccc(C(F)(F)F)c1. The summed E-state index contributed by atoms with van der Waals surface area (Å²) in [5.41, 5.74) is 0.163. The van der Waals surface area contributed by atoms with Crippen LogP contribution < -0.4 is 5.32 Å². The van der Waals surface area contributed by atoms with Crippen molar-refractivity contribution in [2.45, 2.75) is 51.7 Å². The first-order valence-corrected chi connectivity index (χ1v) is 6.89. The number of alkyl halides is 3. The lowest BCUT2D eigenvalue weighted by Crippen LogP contribution is -2.21. The Morgan fingerprint density at radius 3 is 2.47 bits per heavy atom. The van der Waals surface area contributed by atoms with Gasteiger partial charge in [0.05, 0.1) is 5.56 Å². The highest BCUT2D eigenvalue weighted by Crippen LogP contribution is 2.31. The number of hydrogen-bond donors (Lipinski definition) is 1. The average Bonchev–Trinajstić information content (AvgIpc) is 2.37. The molecule has 0 heterocycles. The molecule has 1 aromatic rings. The van der Waals surface area contributed by atoms with Gasteiger partial charge in [-0.15, -0.1) is 0 Å². The lowest BCUT2D eigenvalue weighted by Gasteiger charge is -2.19. The standard InChI is InChI=1S/C15H22F3N/c1-3-5-6-10-14(19-4-2)12-8-7-9-13(11-12)15(16,17)18/h7-9,11,14,19H,3-6,10H2,1-2H3. The molecule has 19 heavy (non-hydrogen) atoms. The number of halogens is 3. The quantitative estimate of drug-likeness (QED) is 0.694. The van der Waals surface area contributed by atoms with Gasteiger partial charge in [-0.1, -0.05) is 45.2 Å². The summed E-state index contributed by atoms with van der Waals surface area (Å²) in [5.74, 6) is 0. The van der Waals surface area contributed by atoms with Gasteiger partial charge in [0, 0.05) is 6.04 Å². The molecule has 0 aliphatic carbocycles. The molecule has 0 radical (unpaired) electrons. The van der Waals surface area contributed by atoms with Crippen LogP contribution in [-0.4, -0.2) is 6.54 Å². The van der Waals surface area contributed by atoms with Gasteiger partial charge in [0.15, 0.2) is 0 Å². The van der Waals surface area contributed by atoms with Crippen molar-refractivity contribution in [2.24, 2.45) is 0 Å². The molecular weight excluding hydrogens is 251 g/mol. The van der Waals surface area contributed by atoms with Crippen LogP contribution in [0.5, 0.6) is 0 Å². The predicted octanol–water partition coefficient (Wildman–Crippen LogP) is 4.94. The predicted molar refractivity (Wildman–Crippen MR) is 72.0 cm³/mol. The van der Waals surface area contributed by atoms with E-state index >= 15 is 0 Å². The van der Waals surface area contributed by atoms with Crippen molar-refractivity contribution in [3.05, 3.63) is 35.4 Å². The molecule has 1 N–H and O–H groups in total. The Balaban J connectivity index is 2.83. The fourth-order valence-electron chi connectivity index (χ4n) is 2.16. The van der Waals surface area contributed by atoms with Crippen LogP contribution in [0, 0.1) is 0 Å². The van der Waals surface area contributed by atoms with Crippen molar-refractivity contribution in [3.8, 4) is 0 Å². The maximum atomic E-state index is 12.7. The van der Waals surface area contributed by atoms with Gasteiger partial charge in [-0.2, -0.15) is 13.2 Å². The van der Waals surface area contributed by atoms with Crippen molar-refractivity contribution in [1.29, 1.82) is 0 Å². The Hall–Kier alpha value is -1.03. The third kappa shape index (κ3) is 5.23. The second-order valence-corrected chi connectivity index (χ2v) is 4.73. The van der Waals surface area contributed by atoms with Crippen molar-refractivity contribution in [1.82, 2.24) is 5.32 Å². The van der Waals surface area contributed by atoms with Crippen LogP contribution in [-0.2, 0) is 6.18 Å². The molecule has 0 aromatic heterocycles. The highest BCUT2D eigenvalue weighted by Gasteiger charge is 2.30. The van der Waals surface area contributed by atoms with Crippen molar-refractivity contribution < 1.29 is 13.2 Å². The third-order valence-electron chi connectivity index (χ3n) is 3.16. The Morgan fingerprint density at radius 2 is 1.89 bits per heavy atom. The van der Waals surface area contributed by atoms with E-state index in [0.29, 0.717) is 0 Å². The van der Waals surface area contributed by atoms with Crippen molar-refractivity contribution in [2.75, 3.05) is 6.54 Å². The maximum absolute atomic E-state index is 12.7. The number of nitrogens with one attached hydrogen (secondary N) is 1. The van der Waals surface area contributed by atoms with Crippen LogP contribution >= 0.6 is 0 Å². The third-order valence-corrected chi connectivity index (χ3v) is 3.16. The molecular formula is C15H22F3N. The van der Waals surface area contributed by atoms with Gasteiger partial charge in [0.2, 0.25) is 0 Å². The Kier molecular flexibility index (Phi) is 6.35. The zero-order valence-electron chi connectivity index (χ0n) is 11.6. The summed E-state index contributed by atoms with van der Waals surface area (Å²) >= 11 is 0. The minimum absolute atomic E-state index is 0.0128. The smallest absolute Gasteiger partial charge is 0.310 e. The Labute approximate surface area is 113 Å². The van der Waals surface area contributed by atoms with E-state index in [1.54, 1.807) is 6.07 Å². The Morgan fingerprint density at radius 1 is 1.16 bits per heavy atom. The molecule has 0 fully saturated rings. The first-order valence-electron chi connectivity index (χ1n) is 6.89. The zero-order chi connectivity index (χ0) is 14.3. The van der Waals surface area contributed by atoms with E-state index in [1.807, 2.05) is 6.92 Å². The van der Waals surface area contributed by atoms with Crippen LogP contribution in [0.4, 0.5) is 13.2 Å². The molecule has 1 rings (SSSR count). The van der Waals surface area contributed by atoms with E-state index in [0.717, 1.165) is 43.9 Å². The molecule has 1 nitrogen and oxygen atoms in total. The zero-order valence-corrected chi connectivity index (χ0v) is 11.6.